The molecule has 0 radical (unpaired) electrons. The molecule has 0 N–H and O–H groups in total. The Bertz CT molecular complexity index is 120. The van der Waals surface area contributed by atoms with Crippen molar-refractivity contribution in [2.45, 2.75) is 25.0 Å². The summed E-state index contributed by atoms with van der Waals surface area (Å²) in [7, 11) is 0. The van der Waals surface area contributed by atoms with Gasteiger partial charge in [-0.05, 0) is 13.8 Å². The number of hydrogen-bond acceptors (Lipinski definition) is 3. The van der Waals surface area contributed by atoms with Crippen LogP contribution in [0.3, 0.4) is 0 Å². The number of rotatable bonds is 0. The highest BCUT2D eigenvalue weighted by Gasteiger charge is 2.32. The van der Waals surface area contributed by atoms with Gasteiger partial charge in [0.05, 0.1) is 23.2 Å². The van der Waals surface area contributed by atoms with E-state index in [0.29, 0.717) is 6.42 Å². The van der Waals surface area contributed by atoms with Gasteiger partial charge in [-0.3, -0.25) is 4.79 Å². The zero-order valence-corrected chi connectivity index (χ0v) is 5.75. The third-order valence-electron chi connectivity index (χ3n) is 0.930. The molecule has 8 heavy (non-hydrogen) atoms. The molecule has 0 amide bonds. The third-order valence-corrected chi connectivity index (χ3v) is 1.80. The van der Waals surface area contributed by atoms with E-state index in [2.05, 4.69) is 4.18 Å². The Morgan fingerprint density at radius 1 is 1.75 bits per heavy atom. The van der Waals surface area contributed by atoms with E-state index in [4.69, 9.17) is 0 Å². The Hall–Kier alpha value is -0.180. The first-order valence-corrected chi connectivity index (χ1v) is 3.23. The van der Waals surface area contributed by atoms with Crippen LogP contribution in [0, 0.1) is 0 Å². The lowest BCUT2D eigenvalue weighted by Gasteiger charge is -2.06. The molecule has 0 unspecified atom stereocenters. The Kier molecular flexibility index (Phi) is 1.23. The van der Waals surface area contributed by atoms with Gasteiger partial charge < -0.3 is 4.18 Å². The van der Waals surface area contributed by atoms with Gasteiger partial charge in [-0.25, -0.2) is 0 Å². The van der Waals surface area contributed by atoms with Crippen LogP contribution < -0.4 is 0 Å². The van der Waals surface area contributed by atoms with E-state index in [-0.39, 0.29) is 10.7 Å². The second-order valence-corrected chi connectivity index (χ2v) is 3.91. The SMILES string of the molecule is CC1(C)CC(=O)OS1. The second-order valence-electron chi connectivity index (χ2n) is 2.48. The van der Waals surface area contributed by atoms with Crippen LogP contribution in [0.5, 0.6) is 0 Å². The van der Waals surface area contributed by atoms with E-state index in [1.54, 1.807) is 0 Å². The minimum absolute atomic E-state index is 0.0110. The number of carbonyl (C=O) groups excluding carboxylic acids is 1. The van der Waals surface area contributed by atoms with Crippen LogP contribution in [0.1, 0.15) is 20.3 Å². The largest absolute Gasteiger partial charge is 0.391 e. The average molecular weight is 132 g/mol. The predicted octanol–water partition coefficient (Wildman–Crippen LogP) is 1.36. The smallest absolute Gasteiger partial charge is 0.319 e. The molecule has 0 spiro atoms. The highest BCUT2D eigenvalue weighted by atomic mass is 32.2. The molecule has 1 rings (SSSR count). The Morgan fingerprint density at radius 2 is 2.38 bits per heavy atom. The molecule has 0 bridgehead atoms. The van der Waals surface area contributed by atoms with Crippen LogP contribution in [-0.4, -0.2) is 10.7 Å². The van der Waals surface area contributed by atoms with Gasteiger partial charge in [0, 0.05) is 0 Å². The van der Waals surface area contributed by atoms with Gasteiger partial charge in [0.25, 0.3) is 0 Å². The van der Waals surface area contributed by atoms with Crippen LogP contribution >= 0.6 is 12.0 Å². The molecule has 1 fully saturated rings. The molecule has 0 aromatic carbocycles. The summed E-state index contributed by atoms with van der Waals surface area (Å²) in [6, 6.07) is 0. The van der Waals surface area contributed by atoms with Gasteiger partial charge in [0.2, 0.25) is 0 Å². The van der Waals surface area contributed by atoms with E-state index in [9.17, 15) is 4.79 Å². The summed E-state index contributed by atoms with van der Waals surface area (Å²) < 4.78 is 4.66. The summed E-state index contributed by atoms with van der Waals surface area (Å²) >= 11 is 1.26. The minimum Gasteiger partial charge on any atom is -0.391 e. The van der Waals surface area contributed by atoms with Crippen LogP contribution in [0.15, 0.2) is 0 Å². The topological polar surface area (TPSA) is 26.3 Å². The van der Waals surface area contributed by atoms with E-state index in [0.717, 1.165) is 0 Å². The summed E-state index contributed by atoms with van der Waals surface area (Å²) in [6.07, 6.45) is 0.539. The molecule has 0 aliphatic carbocycles. The highest BCUT2D eigenvalue weighted by molar-refractivity contribution is 7.96. The zero-order chi connectivity index (χ0) is 6.20. The Morgan fingerprint density at radius 3 is 2.50 bits per heavy atom. The van der Waals surface area contributed by atoms with E-state index in [1.165, 1.54) is 12.0 Å². The van der Waals surface area contributed by atoms with Crippen molar-refractivity contribution in [2.75, 3.05) is 0 Å². The van der Waals surface area contributed by atoms with Gasteiger partial charge in [0.15, 0.2) is 0 Å². The fourth-order valence-electron chi connectivity index (χ4n) is 0.566. The Balaban J connectivity index is 2.56. The van der Waals surface area contributed by atoms with Gasteiger partial charge in [0.1, 0.15) is 0 Å². The Labute approximate surface area is 52.8 Å². The molecule has 2 nitrogen and oxygen atoms in total. The summed E-state index contributed by atoms with van der Waals surface area (Å²) in [5.41, 5.74) is 0. The minimum atomic E-state index is -0.0972. The van der Waals surface area contributed by atoms with Gasteiger partial charge in [-0.2, -0.15) is 0 Å². The molecule has 3 heteroatoms. The molecule has 1 saturated heterocycles. The molecular weight excluding hydrogens is 124 g/mol. The van der Waals surface area contributed by atoms with Crippen molar-refractivity contribution in [1.29, 1.82) is 0 Å². The van der Waals surface area contributed by atoms with Crippen molar-refractivity contribution in [3.05, 3.63) is 0 Å². The van der Waals surface area contributed by atoms with Gasteiger partial charge >= 0.3 is 5.97 Å². The molecule has 0 aromatic rings. The number of carbonyl (C=O) groups is 1. The molecule has 1 aliphatic heterocycles. The standard InChI is InChI=1S/C5H8O2S/c1-5(2)3-4(6)7-8-5/h3H2,1-2H3. The average Bonchev–Trinajstić information content (AvgIpc) is 1.82. The second kappa shape index (κ2) is 1.65. The quantitative estimate of drug-likeness (QED) is 0.465. The monoisotopic (exact) mass is 132 g/mol. The van der Waals surface area contributed by atoms with Gasteiger partial charge in [-0.15, -0.1) is 0 Å². The molecule has 46 valence electrons. The van der Waals surface area contributed by atoms with Crippen LogP contribution in [0.2, 0.25) is 0 Å². The lowest BCUT2D eigenvalue weighted by molar-refractivity contribution is -0.131. The van der Waals surface area contributed by atoms with Crippen LogP contribution in [-0.2, 0) is 8.98 Å². The van der Waals surface area contributed by atoms with E-state index in [1.807, 2.05) is 13.8 Å². The fraction of sp³-hybridized carbons (Fsp3) is 0.800. The summed E-state index contributed by atoms with van der Waals surface area (Å²) in [6.45, 7) is 3.98. The van der Waals surface area contributed by atoms with Crippen LogP contribution in [0.4, 0.5) is 0 Å². The van der Waals surface area contributed by atoms with Crippen molar-refractivity contribution in [3.8, 4) is 0 Å². The predicted molar refractivity (Wildman–Crippen MR) is 32.4 cm³/mol. The summed E-state index contributed by atoms with van der Waals surface area (Å²) in [5.74, 6) is -0.0972. The molecule has 0 saturated carbocycles. The summed E-state index contributed by atoms with van der Waals surface area (Å²) in [5, 5.41) is 0. The maximum atomic E-state index is 10.4. The first kappa shape index (κ1) is 5.95. The number of hydrogen-bond donors (Lipinski definition) is 0. The van der Waals surface area contributed by atoms with Gasteiger partial charge in [-0.1, -0.05) is 0 Å². The normalized spacial score (nSPS) is 25.5. The zero-order valence-electron chi connectivity index (χ0n) is 4.93. The molecule has 0 aromatic heterocycles. The summed E-state index contributed by atoms with van der Waals surface area (Å²) in [4.78, 5) is 10.4. The highest BCUT2D eigenvalue weighted by Crippen LogP contribution is 2.35. The lowest BCUT2D eigenvalue weighted by atomic mass is 10.1. The van der Waals surface area contributed by atoms with E-state index >= 15 is 0 Å². The van der Waals surface area contributed by atoms with Crippen molar-refractivity contribution in [3.63, 3.8) is 0 Å². The lowest BCUT2D eigenvalue weighted by Crippen LogP contribution is -2.09. The molecular formula is C5H8O2S. The fourth-order valence-corrected chi connectivity index (χ4v) is 1.12. The maximum absolute atomic E-state index is 10.4. The van der Waals surface area contributed by atoms with Crippen molar-refractivity contribution >= 4 is 18.0 Å². The molecule has 0 atom stereocenters. The van der Waals surface area contributed by atoms with Crippen molar-refractivity contribution in [2.24, 2.45) is 0 Å². The van der Waals surface area contributed by atoms with Crippen molar-refractivity contribution in [1.82, 2.24) is 0 Å². The first-order valence-electron chi connectivity index (χ1n) is 2.49. The van der Waals surface area contributed by atoms with Crippen LogP contribution in [0.25, 0.3) is 0 Å². The molecule has 1 aliphatic rings. The van der Waals surface area contributed by atoms with E-state index < -0.39 is 0 Å². The first-order chi connectivity index (χ1) is 3.60. The third kappa shape index (κ3) is 1.15. The molecule has 1 heterocycles. The van der Waals surface area contributed by atoms with Crippen molar-refractivity contribution < 1.29 is 8.98 Å². The maximum Gasteiger partial charge on any atom is 0.319 e.